The molecule has 0 aromatic rings. The van der Waals surface area contributed by atoms with Gasteiger partial charge < -0.3 is 0 Å². The fourth-order valence-electron chi connectivity index (χ4n) is 0. The van der Waals surface area contributed by atoms with Gasteiger partial charge in [0.15, 0.2) is 0 Å². The summed E-state index contributed by atoms with van der Waals surface area (Å²) in [6.07, 6.45) is 0. The van der Waals surface area contributed by atoms with Gasteiger partial charge in [-0.2, -0.15) is 0 Å². The molecule has 0 aliphatic carbocycles. The normalized spacial score (nSPS) is 18.3. The summed E-state index contributed by atoms with van der Waals surface area (Å²) in [5.41, 5.74) is 0. The van der Waals surface area contributed by atoms with Crippen molar-refractivity contribution >= 4 is 16.2 Å². The molecule has 0 unspecified atom stereocenters. The molecule has 0 fully saturated rings. The predicted octanol–water partition coefficient (Wildman–Crippen LogP) is -0.975. The van der Waals surface area contributed by atoms with Crippen LogP contribution in [0.4, 0.5) is 0 Å². The fourth-order valence-corrected chi connectivity index (χ4v) is 0. The second-order valence-electron chi connectivity index (χ2n) is 1.18. The van der Waals surface area contributed by atoms with Crippen LogP contribution in [0.15, 0.2) is 0 Å². The van der Waals surface area contributed by atoms with Crippen LogP contribution in [0, 0.1) is 0 Å². The molecule has 0 aromatic heterocycles. The first-order chi connectivity index (χ1) is 2.24. The van der Waals surface area contributed by atoms with Gasteiger partial charge in [-0.25, -0.2) is 0 Å². The molecule has 0 bridgehead atoms. The van der Waals surface area contributed by atoms with E-state index in [1.54, 1.807) is 0 Å². The maximum absolute atomic E-state index is 8.66. The van der Waals surface area contributed by atoms with Crippen molar-refractivity contribution in [3.05, 3.63) is 0 Å². The van der Waals surface area contributed by atoms with Crippen LogP contribution >= 0.6 is 0 Å². The zero-order valence-corrected chi connectivity index (χ0v) is 4.16. The van der Waals surface area contributed by atoms with E-state index in [4.69, 9.17) is 15.9 Å². The Kier molecular flexibility index (Phi) is 0.681. The van der Waals surface area contributed by atoms with Crippen molar-refractivity contribution in [3.8, 4) is 0 Å². The van der Waals surface area contributed by atoms with Gasteiger partial charge >= 0.3 is 32.1 Å². The molecule has 6 heavy (non-hydrogen) atoms. The minimum atomic E-state index is -7.90. The quantitative estimate of drug-likeness (QED) is 0.369. The van der Waals surface area contributed by atoms with Crippen LogP contribution in [-0.4, -0.2) is 16.2 Å². The Morgan fingerprint density at radius 1 is 0.667 bits per heavy atom. The van der Waals surface area contributed by atoms with E-state index in [-0.39, 0.29) is 0 Å². The van der Waals surface area contributed by atoms with E-state index in [9.17, 15) is 0 Å². The van der Waals surface area contributed by atoms with E-state index >= 15 is 0 Å². The standard InChI is InChI=1S/Mg.5O. The summed E-state index contributed by atoms with van der Waals surface area (Å²) in [5, 5.41) is 0. The predicted molar refractivity (Wildman–Crippen MR) is 9.19 cm³/mol. The van der Waals surface area contributed by atoms with Crippen LogP contribution in [-0.2, 0) is 15.9 Å². The molecular weight excluding hydrogens is 104 g/mol. The van der Waals surface area contributed by atoms with Crippen LogP contribution in [0.25, 0.3) is 0 Å². The third-order valence-electron chi connectivity index (χ3n) is 0. The molecule has 0 aliphatic rings. The monoisotopic (exact) mass is 104 g/mol. The molecule has 0 atom stereocenters. The first kappa shape index (κ1) is 5.77. The summed E-state index contributed by atoms with van der Waals surface area (Å²) in [4.78, 5) is 0. The van der Waals surface area contributed by atoms with Crippen LogP contribution in [0.1, 0.15) is 0 Å². The Balaban J connectivity index is 7.45. The third kappa shape index (κ3) is 527. The van der Waals surface area contributed by atoms with Gasteiger partial charge in [0.2, 0.25) is 0 Å². The molecule has 0 saturated heterocycles. The van der Waals surface area contributed by atoms with Crippen molar-refractivity contribution in [3.63, 3.8) is 0 Å². The molecule has 0 radical (unpaired) electrons. The summed E-state index contributed by atoms with van der Waals surface area (Å²) in [5.74, 6) is 0. The van der Waals surface area contributed by atoms with Gasteiger partial charge in [0.1, 0.15) is 0 Å². The molecule has 0 N–H and O–H groups in total. The first-order valence-electron chi connectivity index (χ1n) is 1.44. The summed E-state index contributed by atoms with van der Waals surface area (Å²) in [6, 6.07) is 0. The number of hydrogen-bond donors (Lipinski definition) is 0. The molecule has 6 heteroatoms. The number of rotatable bonds is 0. The molecule has 0 rings (SSSR count). The van der Waals surface area contributed by atoms with Gasteiger partial charge in [-0.05, 0) is 0 Å². The van der Waals surface area contributed by atoms with E-state index < -0.39 is 16.2 Å². The maximum atomic E-state index is 8.66. The van der Waals surface area contributed by atoms with Gasteiger partial charge in [0.25, 0.3) is 0 Å². The van der Waals surface area contributed by atoms with Crippen LogP contribution in [0.2, 0.25) is 0 Å². The van der Waals surface area contributed by atoms with Crippen molar-refractivity contribution in [2.24, 2.45) is 0 Å². The Hall–Kier alpha value is -0.234. The zero-order chi connectivity index (χ0) is 5.45. The third-order valence-corrected chi connectivity index (χ3v) is 0. The van der Waals surface area contributed by atoms with Gasteiger partial charge in [-0.15, -0.1) is 0 Å². The SMILES string of the molecule is [O]=[Mg](=[O])(=[O])(=[O])=[O]. The van der Waals surface area contributed by atoms with Gasteiger partial charge in [0.05, 0.1) is 0 Å². The second-order valence-corrected chi connectivity index (χ2v) is 3.54. The van der Waals surface area contributed by atoms with E-state index in [1.807, 2.05) is 0 Å². The van der Waals surface area contributed by atoms with Crippen molar-refractivity contribution in [2.75, 3.05) is 0 Å². The van der Waals surface area contributed by atoms with Crippen LogP contribution in [0.3, 0.4) is 0 Å². The van der Waals surface area contributed by atoms with Crippen molar-refractivity contribution in [1.82, 2.24) is 0 Å². The van der Waals surface area contributed by atoms with Crippen molar-refractivity contribution < 1.29 is 15.9 Å². The average molecular weight is 104 g/mol. The molecule has 0 aliphatic heterocycles. The fraction of sp³-hybridized carbons (Fsp3) is 0. The topological polar surface area (TPSA) is 85.3 Å². The summed E-state index contributed by atoms with van der Waals surface area (Å²) in [6.45, 7) is 0. The molecule has 0 spiro atoms. The van der Waals surface area contributed by atoms with E-state index in [2.05, 4.69) is 0 Å². The molecular formula is MgO5. The van der Waals surface area contributed by atoms with E-state index in [1.165, 1.54) is 0 Å². The summed E-state index contributed by atoms with van der Waals surface area (Å²) in [7, 11) is 0. The molecule has 5 nitrogen and oxygen atoms in total. The Bertz CT molecular complexity index is 274. The van der Waals surface area contributed by atoms with E-state index in [0.29, 0.717) is 0 Å². The summed E-state index contributed by atoms with van der Waals surface area (Å²) < 4.78 is 43.3. The number of hydrogen-bond acceptors (Lipinski definition) is 5. The van der Waals surface area contributed by atoms with E-state index in [0.717, 1.165) is 0 Å². The van der Waals surface area contributed by atoms with Gasteiger partial charge in [-0.3, -0.25) is 0 Å². The molecule has 0 heterocycles. The minimum absolute atomic E-state index is 7.90. The van der Waals surface area contributed by atoms with Gasteiger partial charge in [0, 0.05) is 0 Å². The Morgan fingerprint density at radius 2 is 0.667 bits per heavy atom. The van der Waals surface area contributed by atoms with Crippen molar-refractivity contribution in [2.45, 2.75) is 0 Å². The van der Waals surface area contributed by atoms with Crippen LogP contribution < -0.4 is 0 Å². The first-order valence-corrected chi connectivity index (χ1v) is 4.33. The zero-order valence-electron chi connectivity index (χ0n) is 2.75. The van der Waals surface area contributed by atoms with Crippen LogP contribution in [0.5, 0.6) is 0 Å². The van der Waals surface area contributed by atoms with Crippen molar-refractivity contribution in [1.29, 1.82) is 0 Å². The van der Waals surface area contributed by atoms with Gasteiger partial charge in [-0.1, -0.05) is 0 Å². The molecule has 0 aromatic carbocycles. The Morgan fingerprint density at radius 3 is 0.667 bits per heavy atom. The summed E-state index contributed by atoms with van der Waals surface area (Å²) >= 11 is -7.90. The molecule has 32 valence electrons. The second kappa shape index (κ2) is 0.709. The molecule has 0 amide bonds. The Labute approximate surface area is 32.7 Å². The molecule has 0 saturated carbocycles. The average Bonchev–Trinajstić information content (AvgIpc) is 0.650.